The highest BCUT2D eigenvalue weighted by molar-refractivity contribution is 5.76. The van der Waals surface area contributed by atoms with Crippen LogP contribution in [0.3, 0.4) is 0 Å². The van der Waals surface area contributed by atoms with E-state index in [4.69, 9.17) is 0 Å². The summed E-state index contributed by atoms with van der Waals surface area (Å²) in [4.78, 5) is 21.6. The van der Waals surface area contributed by atoms with Crippen molar-refractivity contribution in [3.63, 3.8) is 0 Å². The average molecular weight is 251 g/mol. The zero-order chi connectivity index (χ0) is 13.4. The first-order valence-electron chi connectivity index (χ1n) is 6.14. The van der Waals surface area contributed by atoms with Crippen molar-refractivity contribution in [2.24, 2.45) is 0 Å². The van der Waals surface area contributed by atoms with Crippen LogP contribution in [-0.4, -0.2) is 43.1 Å². The molecule has 2 N–H and O–H groups in total. The van der Waals surface area contributed by atoms with Crippen molar-refractivity contribution in [1.82, 2.24) is 15.3 Å². The smallest absolute Gasteiger partial charge is 0.226 e. The molecular formula is C12H21N5O. The molecule has 0 bridgehead atoms. The monoisotopic (exact) mass is 251 g/mol. The van der Waals surface area contributed by atoms with Crippen molar-refractivity contribution in [3.8, 4) is 0 Å². The molecule has 0 atom stereocenters. The van der Waals surface area contributed by atoms with Gasteiger partial charge in [-0.05, 0) is 12.5 Å². The molecule has 18 heavy (non-hydrogen) atoms. The number of carbonyl (C=O) groups is 1. The lowest BCUT2D eigenvalue weighted by atomic mass is 10.3. The second-order valence-corrected chi connectivity index (χ2v) is 4.16. The number of amides is 1. The van der Waals surface area contributed by atoms with Gasteiger partial charge >= 0.3 is 0 Å². The van der Waals surface area contributed by atoms with E-state index in [1.54, 1.807) is 12.3 Å². The van der Waals surface area contributed by atoms with Crippen LogP contribution in [0.15, 0.2) is 12.3 Å². The summed E-state index contributed by atoms with van der Waals surface area (Å²) in [7, 11) is 3.77. The van der Waals surface area contributed by atoms with E-state index in [2.05, 4.69) is 20.6 Å². The fourth-order valence-electron chi connectivity index (χ4n) is 1.32. The minimum absolute atomic E-state index is 0.0613. The first-order chi connectivity index (χ1) is 8.63. The fraction of sp³-hybridized carbons (Fsp3) is 0.583. The van der Waals surface area contributed by atoms with E-state index < -0.39 is 0 Å². The number of nitrogens with one attached hydrogen (secondary N) is 2. The number of nitrogens with zero attached hydrogens (tertiary/aromatic N) is 3. The topological polar surface area (TPSA) is 70.2 Å². The van der Waals surface area contributed by atoms with Gasteiger partial charge in [0, 0.05) is 39.8 Å². The Morgan fingerprint density at radius 2 is 2.17 bits per heavy atom. The van der Waals surface area contributed by atoms with Crippen LogP contribution in [0.1, 0.15) is 19.8 Å². The van der Waals surface area contributed by atoms with Gasteiger partial charge in [0.15, 0.2) is 0 Å². The van der Waals surface area contributed by atoms with E-state index in [9.17, 15) is 4.79 Å². The number of anilines is 2. The van der Waals surface area contributed by atoms with Gasteiger partial charge in [0.2, 0.25) is 11.9 Å². The second kappa shape index (κ2) is 7.47. The summed E-state index contributed by atoms with van der Waals surface area (Å²) in [5, 5.41) is 5.94. The summed E-state index contributed by atoms with van der Waals surface area (Å²) in [6.07, 6.45) is 3.10. The summed E-state index contributed by atoms with van der Waals surface area (Å²) in [5.74, 6) is 1.44. The van der Waals surface area contributed by atoms with Gasteiger partial charge in [-0.2, -0.15) is 4.98 Å². The average Bonchev–Trinajstić information content (AvgIpc) is 2.36. The number of rotatable bonds is 7. The largest absolute Gasteiger partial charge is 0.369 e. The Labute approximate surface area is 108 Å². The van der Waals surface area contributed by atoms with Crippen molar-refractivity contribution >= 4 is 17.7 Å². The molecule has 100 valence electrons. The molecule has 0 saturated heterocycles. The normalized spacial score (nSPS) is 9.94. The Morgan fingerprint density at radius 1 is 1.39 bits per heavy atom. The summed E-state index contributed by atoms with van der Waals surface area (Å²) >= 11 is 0. The summed E-state index contributed by atoms with van der Waals surface area (Å²) in [6, 6.07) is 1.79. The molecule has 6 nitrogen and oxygen atoms in total. The fourth-order valence-corrected chi connectivity index (χ4v) is 1.32. The molecule has 1 amide bonds. The molecule has 0 spiro atoms. The summed E-state index contributed by atoms with van der Waals surface area (Å²) in [6.45, 7) is 3.33. The maximum Gasteiger partial charge on any atom is 0.226 e. The van der Waals surface area contributed by atoms with Crippen molar-refractivity contribution in [2.75, 3.05) is 37.4 Å². The van der Waals surface area contributed by atoms with Crippen LogP contribution < -0.4 is 15.5 Å². The highest BCUT2D eigenvalue weighted by Crippen LogP contribution is 2.07. The second-order valence-electron chi connectivity index (χ2n) is 4.16. The van der Waals surface area contributed by atoms with Crippen LogP contribution in [0, 0.1) is 0 Å². The molecule has 0 fully saturated rings. The standard InChI is InChI=1S/C12H21N5O/c1-4-7-14-11(18)6-9-13-10-5-8-15-12(16-10)17(2)3/h5,8H,4,6-7,9H2,1-3H3,(H,14,18)(H,13,15,16). The van der Waals surface area contributed by atoms with E-state index >= 15 is 0 Å². The quantitative estimate of drug-likeness (QED) is 0.752. The van der Waals surface area contributed by atoms with Crippen molar-refractivity contribution < 1.29 is 4.79 Å². The van der Waals surface area contributed by atoms with Crippen LogP contribution in [-0.2, 0) is 4.79 Å². The Morgan fingerprint density at radius 3 is 2.83 bits per heavy atom. The number of carbonyl (C=O) groups excluding carboxylic acids is 1. The number of hydrogen-bond donors (Lipinski definition) is 2. The number of aromatic nitrogens is 2. The SMILES string of the molecule is CCCNC(=O)CCNc1ccnc(N(C)C)n1. The van der Waals surface area contributed by atoms with Gasteiger partial charge in [-0.15, -0.1) is 0 Å². The van der Waals surface area contributed by atoms with Crippen LogP contribution in [0.5, 0.6) is 0 Å². The molecule has 1 heterocycles. The molecule has 1 rings (SSSR count). The van der Waals surface area contributed by atoms with Gasteiger partial charge in [0.25, 0.3) is 0 Å². The third-order valence-corrected chi connectivity index (χ3v) is 2.27. The van der Waals surface area contributed by atoms with Gasteiger partial charge in [-0.3, -0.25) is 4.79 Å². The van der Waals surface area contributed by atoms with Gasteiger partial charge in [-0.1, -0.05) is 6.92 Å². The molecule has 0 aliphatic rings. The van der Waals surface area contributed by atoms with E-state index in [1.807, 2.05) is 25.9 Å². The van der Waals surface area contributed by atoms with Crippen LogP contribution >= 0.6 is 0 Å². The molecule has 0 aliphatic carbocycles. The highest BCUT2D eigenvalue weighted by atomic mass is 16.1. The predicted octanol–water partition coefficient (Wildman–Crippen LogP) is 0.871. The molecule has 0 aliphatic heterocycles. The van der Waals surface area contributed by atoms with Crippen molar-refractivity contribution in [3.05, 3.63) is 12.3 Å². The summed E-state index contributed by atoms with van der Waals surface area (Å²) < 4.78 is 0. The molecule has 0 aromatic carbocycles. The molecule has 1 aromatic heterocycles. The van der Waals surface area contributed by atoms with Gasteiger partial charge in [0.05, 0.1) is 0 Å². The lowest BCUT2D eigenvalue weighted by Gasteiger charge is -2.11. The maximum absolute atomic E-state index is 11.4. The Bertz CT molecular complexity index is 380. The first kappa shape index (κ1) is 14.2. The first-order valence-corrected chi connectivity index (χ1v) is 6.14. The Kier molecular flexibility index (Phi) is 5.90. The van der Waals surface area contributed by atoms with Crippen molar-refractivity contribution in [1.29, 1.82) is 0 Å². The zero-order valence-electron chi connectivity index (χ0n) is 11.2. The van der Waals surface area contributed by atoms with Gasteiger partial charge < -0.3 is 15.5 Å². The zero-order valence-corrected chi connectivity index (χ0v) is 11.2. The van der Waals surface area contributed by atoms with E-state index in [-0.39, 0.29) is 5.91 Å². The molecule has 0 unspecified atom stereocenters. The van der Waals surface area contributed by atoms with Gasteiger partial charge in [0.1, 0.15) is 5.82 Å². The van der Waals surface area contributed by atoms with E-state index in [0.29, 0.717) is 18.9 Å². The van der Waals surface area contributed by atoms with E-state index in [1.165, 1.54) is 0 Å². The third kappa shape index (κ3) is 4.99. The van der Waals surface area contributed by atoms with Crippen LogP contribution in [0.4, 0.5) is 11.8 Å². The Hall–Kier alpha value is -1.85. The van der Waals surface area contributed by atoms with Crippen LogP contribution in [0.2, 0.25) is 0 Å². The Balaban J connectivity index is 2.35. The minimum Gasteiger partial charge on any atom is -0.369 e. The maximum atomic E-state index is 11.4. The predicted molar refractivity (Wildman–Crippen MR) is 72.8 cm³/mol. The van der Waals surface area contributed by atoms with Gasteiger partial charge in [-0.25, -0.2) is 4.98 Å². The molecule has 0 saturated carbocycles. The molecular weight excluding hydrogens is 230 g/mol. The van der Waals surface area contributed by atoms with Crippen molar-refractivity contribution in [2.45, 2.75) is 19.8 Å². The lowest BCUT2D eigenvalue weighted by molar-refractivity contribution is -0.120. The van der Waals surface area contributed by atoms with E-state index in [0.717, 1.165) is 18.8 Å². The number of hydrogen-bond acceptors (Lipinski definition) is 5. The summed E-state index contributed by atoms with van der Waals surface area (Å²) in [5.41, 5.74) is 0. The molecule has 6 heteroatoms. The lowest BCUT2D eigenvalue weighted by Crippen LogP contribution is -2.26. The highest BCUT2D eigenvalue weighted by Gasteiger charge is 2.02. The minimum atomic E-state index is 0.0613. The van der Waals surface area contributed by atoms with Crippen LogP contribution in [0.25, 0.3) is 0 Å². The molecule has 0 radical (unpaired) electrons. The molecule has 1 aromatic rings. The third-order valence-electron chi connectivity index (χ3n) is 2.27.